The van der Waals surface area contributed by atoms with Crippen LogP contribution in [0.25, 0.3) is 0 Å². The molecular weight excluding hydrogens is 176 g/mol. The molecule has 1 aromatic rings. The monoisotopic (exact) mass is 180 g/mol. The summed E-state index contributed by atoms with van der Waals surface area (Å²) in [7, 11) is 0. The van der Waals surface area contributed by atoms with Crippen LogP contribution in [0.4, 0.5) is 17.6 Å². The van der Waals surface area contributed by atoms with E-state index >= 15 is 0 Å². The van der Waals surface area contributed by atoms with Crippen LogP contribution in [0.1, 0.15) is 24.2 Å². The van der Waals surface area contributed by atoms with E-state index in [0.717, 1.165) is 0 Å². The molecule has 0 radical (unpaired) electrons. The van der Waals surface area contributed by atoms with E-state index in [9.17, 15) is 17.6 Å². The van der Waals surface area contributed by atoms with E-state index in [-0.39, 0.29) is 0 Å². The molecule has 12 heavy (non-hydrogen) atoms. The first-order chi connectivity index (χ1) is 5.61. The lowest BCUT2D eigenvalue weighted by Gasteiger charge is -2.00. The Hall–Kier alpha value is -1.20. The van der Waals surface area contributed by atoms with Gasteiger partial charge in [0.25, 0.3) is 12.9 Å². The third-order valence-electron chi connectivity index (χ3n) is 1.16. The second-order valence-electron chi connectivity index (χ2n) is 1.97. The molecule has 0 atom stereocenters. The van der Waals surface area contributed by atoms with E-state index in [1.807, 2.05) is 0 Å². The molecule has 0 N–H and O–H groups in total. The third kappa shape index (κ3) is 1.90. The van der Waals surface area contributed by atoms with Gasteiger partial charge in [0.05, 0.1) is 0 Å². The molecule has 0 amide bonds. The Morgan fingerprint density at radius 3 is 1.67 bits per heavy atom. The lowest BCUT2D eigenvalue weighted by atomic mass is 10.3. The molecule has 0 aliphatic carbocycles. The first-order valence-corrected chi connectivity index (χ1v) is 2.99. The average Bonchev–Trinajstić information content (AvgIpc) is 2.04. The van der Waals surface area contributed by atoms with Crippen molar-refractivity contribution in [3.8, 4) is 0 Å². The van der Waals surface area contributed by atoms with E-state index in [2.05, 4.69) is 9.97 Å². The van der Waals surface area contributed by atoms with Crippen molar-refractivity contribution in [3.63, 3.8) is 0 Å². The number of halogens is 4. The second-order valence-corrected chi connectivity index (χ2v) is 1.97. The van der Waals surface area contributed by atoms with Crippen molar-refractivity contribution in [2.24, 2.45) is 0 Å². The molecular formula is C6H4F4N2. The van der Waals surface area contributed by atoms with Crippen molar-refractivity contribution in [3.05, 3.63) is 23.8 Å². The molecule has 0 unspecified atom stereocenters. The summed E-state index contributed by atoms with van der Waals surface area (Å²) >= 11 is 0. The van der Waals surface area contributed by atoms with Gasteiger partial charge in [0.1, 0.15) is 17.7 Å². The van der Waals surface area contributed by atoms with Crippen molar-refractivity contribution in [2.75, 3.05) is 0 Å². The normalized spacial score (nSPS) is 11.2. The highest BCUT2D eigenvalue weighted by Gasteiger charge is 2.14. The van der Waals surface area contributed by atoms with Crippen molar-refractivity contribution in [1.29, 1.82) is 0 Å². The van der Waals surface area contributed by atoms with E-state index in [1.165, 1.54) is 0 Å². The Balaban J connectivity index is 2.96. The summed E-state index contributed by atoms with van der Waals surface area (Å²) in [4.78, 5) is 6.25. The summed E-state index contributed by atoms with van der Waals surface area (Å²) < 4.78 is 47.5. The van der Waals surface area contributed by atoms with Crippen LogP contribution in [-0.2, 0) is 0 Å². The Morgan fingerprint density at radius 1 is 0.917 bits per heavy atom. The van der Waals surface area contributed by atoms with Gasteiger partial charge in [-0.15, -0.1) is 0 Å². The number of aromatic nitrogens is 2. The van der Waals surface area contributed by atoms with Gasteiger partial charge in [0.15, 0.2) is 0 Å². The van der Waals surface area contributed by atoms with Crippen LogP contribution in [-0.4, -0.2) is 9.97 Å². The van der Waals surface area contributed by atoms with Crippen LogP contribution in [0.2, 0.25) is 0 Å². The lowest BCUT2D eigenvalue weighted by molar-refractivity contribution is 0.137. The Bertz CT molecular complexity index is 240. The zero-order valence-electron chi connectivity index (χ0n) is 5.72. The van der Waals surface area contributed by atoms with Gasteiger partial charge in [-0.05, 0) is 6.07 Å². The average molecular weight is 180 g/mol. The van der Waals surface area contributed by atoms with Crippen molar-refractivity contribution in [2.45, 2.75) is 12.9 Å². The van der Waals surface area contributed by atoms with Crippen molar-refractivity contribution in [1.82, 2.24) is 9.97 Å². The van der Waals surface area contributed by atoms with Crippen LogP contribution in [0.15, 0.2) is 12.4 Å². The van der Waals surface area contributed by atoms with E-state index in [1.54, 1.807) is 0 Å². The summed E-state index contributed by atoms with van der Waals surface area (Å²) in [6, 6.07) is 0.593. The van der Waals surface area contributed by atoms with Gasteiger partial charge >= 0.3 is 0 Å². The highest BCUT2D eigenvalue weighted by molar-refractivity contribution is 5.09. The molecule has 2 nitrogen and oxygen atoms in total. The summed E-state index contributed by atoms with van der Waals surface area (Å²) in [5, 5.41) is 0. The smallest absolute Gasteiger partial charge is 0.235 e. The maximum Gasteiger partial charge on any atom is 0.280 e. The van der Waals surface area contributed by atoms with Gasteiger partial charge in [0.2, 0.25) is 0 Å². The lowest BCUT2D eigenvalue weighted by Crippen LogP contribution is -1.96. The first kappa shape index (κ1) is 8.89. The zero-order chi connectivity index (χ0) is 9.14. The quantitative estimate of drug-likeness (QED) is 0.653. The molecule has 66 valence electrons. The van der Waals surface area contributed by atoms with Crippen molar-refractivity contribution >= 4 is 0 Å². The summed E-state index contributed by atoms with van der Waals surface area (Å²) in [5.74, 6) is 0. The third-order valence-corrected chi connectivity index (χ3v) is 1.16. The standard InChI is InChI=1S/C6H4F4N2/c7-5(8)3-1-4(6(9)10)12-2-11-3/h1-2,5-6H. The largest absolute Gasteiger partial charge is 0.280 e. The van der Waals surface area contributed by atoms with E-state index < -0.39 is 24.2 Å². The molecule has 1 rings (SSSR count). The van der Waals surface area contributed by atoms with Gasteiger partial charge in [-0.25, -0.2) is 27.5 Å². The van der Waals surface area contributed by atoms with Gasteiger partial charge in [0, 0.05) is 0 Å². The highest BCUT2D eigenvalue weighted by Crippen LogP contribution is 2.20. The molecule has 0 fully saturated rings. The van der Waals surface area contributed by atoms with Crippen LogP contribution in [0.5, 0.6) is 0 Å². The number of nitrogens with zero attached hydrogens (tertiary/aromatic N) is 2. The molecule has 0 saturated carbocycles. The number of hydrogen-bond donors (Lipinski definition) is 0. The van der Waals surface area contributed by atoms with Gasteiger partial charge in [-0.3, -0.25) is 0 Å². The Kier molecular flexibility index (Phi) is 2.57. The molecule has 0 aromatic carbocycles. The molecule has 0 spiro atoms. The summed E-state index contributed by atoms with van der Waals surface area (Å²) in [5.41, 5.74) is -1.36. The van der Waals surface area contributed by atoms with Crippen LogP contribution < -0.4 is 0 Å². The maximum atomic E-state index is 11.9. The fraction of sp³-hybridized carbons (Fsp3) is 0.333. The molecule has 6 heteroatoms. The molecule has 1 heterocycles. The van der Waals surface area contributed by atoms with E-state index in [4.69, 9.17) is 0 Å². The predicted octanol–water partition coefficient (Wildman–Crippen LogP) is 2.35. The fourth-order valence-electron chi connectivity index (χ4n) is 0.627. The molecule has 0 bridgehead atoms. The first-order valence-electron chi connectivity index (χ1n) is 2.99. The Labute approximate surface area is 65.3 Å². The van der Waals surface area contributed by atoms with Gasteiger partial charge in [-0.2, -0.15) is 0 Å². The summed E-state index contributed by atoms with van der Waals surface area (Å²) in [6.45, 7) is 0. The van der Waals surface area contributed by atoms with E-state index in [0.29, 0.717) is 12.4 Å². The molecule has 0 saturated heterocycles. The second kappa shape index (κ2) is 3.46. The number of hydrogen-bond acceptors (Lipinski definition) is 2. The van der Waals surface area contributed by atoms with Crippen LogP contribution >= 0.6 is 0 Å². The minimum atomic E-state index is -2.84. The van der Waals surface area contributed by atoms with Crippen LogP contribution in [0.3, 0.4) is 0 Å². The van der Waals surface area contributed by atoms with Crippen LogP contribution in [0, 0.1) is 0 Å². The minimum absolute atomic E-state index is 0.593. The number of rotatable bonds is 2. The number of alkyl halides is 4. The maximum absolute atomic E-state index is 11.9. The summed E-state index contributed by atoms with van der Waals surface area (Å²) in [6.07, 6.45) is -4.99. The van der Waals surface area contributed by atoms with Gasteiger partial charge < -0.3 is 0 Å². The fourth-order valence-corrected chi connectivity index (χ4v) is 0.627. The molecule has 0 aliphatic rings. The predicted molar refractivity (Wildman–Crippen MR) is 31.9 cm³/mol. The minimum Gasteiger partial charge on any atom is -0.235 e. The molecule has 0 aliphatic heterocycles. The van der Waals surface area contributed by atoms with Gasteiger partial charge in [-0.1, -0.05) is 0 Å². The topological polar surface area (TPSA) is 25.8 Å². The SMILES string of the molecule is FC(F)c1cc(C(F)F)ncn1. The molecule has 1 aromatic heterocycles. The zero-order valence-corrected chi connectivity index (χ0v) is 5.72. The van der Waals surface area contributed by atoms with Crippen molar-refractivity contribution < 1.29 is 17.6 Å². The highest BCUT2D eigenvalue weighted by atomic mass is 19.3. The Morgan fingerprint density at radius 2 is 1.33 bits per heavy atom.